The number of aromatic amines is 1. The molecule has 0 amide bonds. The third kappa shape index (κ3) is 4.03. The topological polar surface area (TPSA) is 40.7 Å². The van der Waals surface area contributed by atoms with E-state index in [4.69, 9.17) is 0 Å². The van der Waals surface area contributed by atoms with Gasteiger partial charge in [-0.1, -0.05) is 37.7 Å². The standard InChI is InChI=1S/C15H21N3S/c1-11(2)9-18-14-6-4-5-12(3)13(14)10-19-15-16-7-8-17-15/h4-8,11,18H,9-10H2,1-3H3,(H,16,17). The number of benzene rings is 1. The molecular formula is C15H21N3S. The first-order valence-electron chi connectivity index (χ1n) is 6.61. The summed E-state index contributed by atoms with van der Waals surface area (Å²) in [6, 6.07) is 6.44. The van der Waals surface area contributed by atoms with Crippen molar-refractivity contribution in [3.8, 4) is 0 Å². The number of nitrogens with zero attached hydrogens (tertiary/aromatic N) is 1. The minimum absolute atomic E-state index is 0.645. The number of anilines is 1. The summed E-state index contributed by atoms with van der Waals surface area (Å²) in [7, 11) is 0. The van der Waals surface area contributed by atoms with Gasteiger partial charge >= 0.3 is 0 Å². The molecule has 2 aromatic rings. The highest BCUT2D eigenvalue weighted by Crippen LogP contribution is 2.27. The van der Waals surface area contributed by atoms with Crippen LogP contribution >= 0.6 is 11.8 Å². The molecule has 2 N–H and O–H groups in total. The number of rotatable bonds is 6. The molecule has 0 saturated heterocycles. The lowest BCUT2D eigenvalue weighted by molar-refractivity contribution is 0.688. The van der Waals surface area contributed by atoms with Gasteiger partial charge in [0.2, 0.25) is 0 Å². The maximum Gasteiger partial charge on any atom is 0.165 e. The molecule has 0 aliphatic rings. The summed E-state index contributed by atoms with van der Waals surface area (Å²) < 4.78 is 0. The van der Waals surface area contributed by atoms with Crippen molar-refractivity contribution in [2.24, 2.45) is 5.92 Å². The van der Waals surface area contributed by atoms with E-state index in [0.717, 1.165) is 17.5 Å². The Hall–Kier alpha value is -1.42. The molecule has 0 aliphatic heterocycles. The van der Waals surface area contributed by atoms with Gasteiger partial charge in [-0.25, -0.2) is 4.98 Å². The average molecular weight is 275 g/mol. The fourth-order valence-corrected chi connectivity index (χ4v) is 2.79. The largest absolute Gasteiger partial charge is 0.385 e. The summed E-state index contributed by atoms with van der Waals surface area (Å²) in [5.74, 6) is 1.58. The van der Waals surface area contributed by atoms with Crippen LogP contribution in [0.4, 0.5) is 5.69 Å². The second-order valence-electron chi connectivity index (χ2n) is 5.06. The highest BCUT2D eigenvalue weighted by atomic mass is 32.2. The summed E-state index contributed by atoms with van der Waals surface area (Å²) in [6.07, 6.45) is 3.65. The van der Waals surface area contributed by atoms with Crippen molar-refractivity contribution in [2.45, 2.75) is 31.7 Å². The quantitative estimate of drug-likeness (QED) is 0.780. The first-order chi connectivity index (χ1) is 9.16. The van der Waals surface area contributed by atoms with Crippen molar-refractivity contribution in [2.75, 3.05) is 11.9 Å². The molecule has 0 saturated carbocycles. The lowest BCUT2D eigenvalue weighted by Crippen LogP contribution is -2.10. The van der Waals surface area contributed by atoms with Gasteiger partial charge in [0.15, 0.2) is 5.16 Å². The van der Waals surface area contributed by atoms with Crippen LogP contribution in [0.25, 0.3) is 0 Å². The van der Waals surface area contributed by atoms with E-state index in [9.17, 15) is 0 Å². The van der Waals surface area contributed by atoms with Gasteiger partial charge in [-0.2, -0.15) is 0 Å². The minimum atomic E-state index is 0.645. The number of thioether (sulfide) groups is 1. The van der Waals surface area contributed by atoms with Crippen molar-refractivity contribution in [1.82, 2.24) is 9.97 Å². The maximum atomic E-state index is 4.25. The van der Waals surface area contributed by atoms with Crippen LogP contribution < -0.4 is 5.32 Å². The number of H-pyrrole nitrogens is 1. The second kappa shape index (κ2) is 6.66. The molecule has 1 aromatic carbocycles. The van der Waals surface area contributed by atoms with Gasteiger partial charge in [0.05, 0.1) is 0 Å². The van der Waals surface area contributed by atoms with E-state index in [1.807, 2.05) is 6.20 Å². The molecule has 0 bridgehead atoms. The number of hydrogen-bond donors (Lipinski definition) is 2. The highest BCUT2D eigenvalue weighted by Gasteiger charge is 2.07. The molecule has 4 heteroatoms. The zero-order chi connectivity index (χ0) is 13.7. The second-order valence-corrected chi connectivity index (χ2v) is 6.02. The molecule has 1 heterocycles. The lowest BCUT2D eigenvalue weighted by atomic mass is 10.1. The van der Waals surface area contributed by atoms with E-state index >= 15 is 0 Å². The third-order valence-electron chi connectivity index (χ3n) is 2.94. The Morgan fingerprint density at radius 3 is 2.89 bits per heavy atom. The van der Waals surface area contributed by atoms with Crippen molar-refractivity contribution in [3.05, 3.63) is 41.7 Å². The first-order valence-corrected chi connectivity index (χ1v) is 7.60. The maximum absolute atomic E-state index is 4.25. The normalized spacial score (nSPS) is 10.9. The number of imidazole rings is 1. The first kappa shape index (κ1) is 14.0. The van der Waals surface area contributed by atoms with Crippen LogP contribution in [0, 0.1) is 12.8 Å². The van der Waals surface area contributed by atoms with Gasteiger partial charge in [0, 0.05) is 30.4 Å². The lowest BCUT2D eigenvalue weighted by Gasteiger charge is -2.15. The molecule has 0 radical (unpaired) electrons. The molecule has 2 rings (SSSR count). The Morgan fingerprint density at radius 2 is 2.21 bits per heavy atom. The fraction of sp³-hybridized carbons (Fsp3) is 0.400. The molecular weight excluding hydrogens is 254 g/mol. The SMILES string of the molecule is Cc1cccc(NCC(C)C)c1CSc1ncc[nH]1. The van der Waals surface area contributed by atoms with Crippen molar-refractivity contribution in [3.63, 3.8) is 0 Å². The van der Waals surface area contributed by atoms with Crippen LogP contribution in [0.5, 0.6) is 0 Å². The van der Waals surface area contributed by atoms with Crippen LogP contribution in [0.1, 0.15) is 25.0 Å². The number of hydrogen-bond acceptors (Lipinski definition) is 3. The predicted molar refractivity (Wildman–Crippen MR) is 82.7 cm³/mol. The summed E-state index contributed by atoms with van der Waals surface area (Å²) in [4.78, 5) is 7.38. The number of nitrogens with one attached hydrogen (secondary N) is 2. The highest BCUT2D eigenvalue weighted by molar-refractivity contribution is 7.98. The Morgan fingerprint density at radius 1 is 1.37 bits per heavy atom. The summed E-state index contributed by atoms with van der Waals surface area (Å²) in [5, 5.41) is 4.51. The zero-order valence-corrected chi connectivity index (χ0v) is 12.6. The van der Waals surface area contributed by atoms with Crippen molar-refractivity contribution >= 4 is 17.4 Å². The van der Waals surface area contributed by atoms with Gasteiger partial charge in [0.1, 0.15) is 0 Å². The third-order valence-corrected chi connectivity index (χ3v) is 3.87. The Balaban J connectivity index is 2.08. The molecule has 102 valence electrons. The van der Waals surface area contributed by atoms with E-state index in [2.05, 4.69) is 54.3 Å². The molecule has 0 atom stereocenters. The Bertz CT molecular complexity index is 506. The zero-order valence-electron chi connectivity index (χ0n) is 11.7. The van der Waals surface area contributed by atoms with Gasteiger partial charge < -0.3 is 10.3 Å². The van der Waals surface area contributed by atoms with Gasteiger partial charge in [-0.3, -0.25) is 0 Å². The van der Waals surface area contributed by atoms with Crippen LogP contribution in [0.3, 0.4) is 0 Å². The average Bonchev–Trinajstić information content (AvgIpc) is 2.88. The van der Waals surface area contributed by atoms with Crippen LogP contribution in [-0.2, 0) is 5.75 Å². The Kier molecular flexibility index (Phi) is 4.91. The van der Waals surface area contributed by atoms with Gasteiger partial charge in [-0.05, 0) is 30.0 Å². The van der Waals surface area contributed by atoms with Gasteiger partial charge in [0.25, 0.3) is 0 Å². The minimum Gasteiger partial charge on any atom is -0.385 e. The van der Waals surface area contributed by atoms with E-state index in [1.54, 1.807) is 18.0 Å². The Labute approximate surface area is 119 Å². The number of aromatic nitrogens is 2. The van der Waals surface area contributed by atoms with E-state index < -0.39 is 0 Å². The number of aryl methyl sites for hydroxylation is 1. The summed E-state index contributed by atoms with van der Waals surface area (Å²) in [6.45, 7) is 7.61. The molecule has 0 aliphatic carbocycles. The van der Waals surface area contributed by atoms with E-state index in [-0.39, 0.29) is 0 Å². The smallest absolute Gasteiger partial charge is 0.165 e. The van der Waals surface area contributed by atoms with Gasteiger partial charge in [-0.15, -0.1) is 0 Å². The molecule has 0 fully saturated rings. The van der Waals surface area contributed by atoms with E-state index in [0.29, 0.717) is 5.92 Å². The van der Waals surface area contributed by atoms with Crippen LogP contribution in [0.15, 0.2) is 35.7 Å². The molecule has 0 spiro atoms. The van der Waals surface area contributed by atoms with Crippen molar-refractivity contribution < 1.29 is 0 Å². The summed E-state index contributed by atoms with van der Waals surface area (Å²) >= 11 is 1.74. The molecule has 0 unspecified atom stereocenters. The molecule has 19 heavy (non-hydrogen) atoms. The monoisotopic (exact) mass is 275 g/mol. The molecule has 1 aromatic heterocycles. The fourth-order valence-electron chi connectivity index (χ4n) is 1.84. The van der Waals surface area contributed by atoms with Crippen LogP contribution in [0.2, 0.25) is 0 Å². The molecule has 3 nitrogen and oxygen atoms in total. The van der Waals surface area contributed by atoms with E-state index in [1.165, 1.54) is 16.8 Å². The predicted octanol–water partition coefficient (Wildman–Crippen LogP) is 4.08. The van der Waals surface area contributed by atoms with Crippen LogP contribution in [-0.4, -0.2) is 16.5 Å². The summed E-state index contributed by atoms with van der Waals surface area (Å²) in [5.41, 5.74) is 3.94. The van der Waals surface area contributed by atoms with Crippen molar-refractivity contribution in [1.29, 1.82) is 0 Å².